The van der Waals surface area contributed by atoms with E-state index in [9.17, 15) is 4.79 Å². The van der Waals surface area contributed by atoms with Gasteiger partial charge in [0, 0.05) is 14.1 Å². The van der Waals surface area contributed by atoms with Gasteiger partial charge in [0.05, 0.1) is 0 Å². The summed E-state index contributed by atoms with van der Waals surface area (Å²) in [5, 5.41) is 0. The zero-order chi connectivity index (χ0) is 9.72. The topological polar surface area (TPSA) is 29.5 Å². The van der Waals surface area contributed by atoms with E-state index in [0.29, 0.717) is 5.92 Å². The molecule has 0 bridgehead atoms. The summed E-state index contributed by atoms with van der Waals surface area (Å²) in [5.74, 6) is 0.388. The SMILES string of the molecule is CCC(OC(=O)N(C)C)C(C)C. The third-order valence-electron chi connectivity index (χ3n) is 1.76. The first-order chi connectivity index (χ1) is 5.49. The van der Waals surface area contributed by atoms with Gasteiger partial charge < -0.3 is 9.64 Å². The number of hydrogen-bond acceptors (Lipinski definition) is 2. The predicted molar refractivity (Wildman–Crippen MR) is 49.1 cm³/mol. The van der Waals surface area contributed by atoms with Crippen LogP contribution < -0.4 is 0 Å². The van der Waals surface area contributed by atoms with Crippen LogP contribution in [-0.4, -0.2) is 31.2 Å². The number of ether oxygens (including phenoxy) is 1. The van der Waals surface area contributed by atoms with E-state index in [2.05, 4.69) is 13.8 Å². The normalized spacial score (nSPS) is 12.8. The maximum absolute atomic E-state index is 11.1. The maximum Gasteiger partial charge on any atom is 0.409 e. The maximum atomic E-state index is 11.1. The highest BCUT2D eigenvalue weighted by molar-refractivity contribution is 5.66. The molecule has 1 amide bonds. The largest absolute Gasteiger partial charge is 0.446 e. The van der Waals surface area contributed by atoms with E-state index in [1.54, 1.807) is 14.1 Å². The highest BCUT2D eigenvalue weighted by atomic mass is 16.6. The Hall–Kier alpha value is -0.730. The molecule has 3 nitrogen and oxygen atoms in total. The molecule has 12 heavy (non-hydrogen) atoms. The van der Waals surface area contributed by atoms with Crippen LogP contribution in [0.1, 0.15) is 27.2 Å². The Morgan fingerprint density at radius 2 is 1.92 bits per heavy atom. The fraction of sp³-hybridized carbons (Fsp3) is 0.889. The molecule has 0 N–H and O–H groups in total. The van der Waals surface area contributed by atoms with Gasteiger partial charge in [-0.25, -0.2) is 4.79 Å². The van der Waals surface area contributed by atoms with Crippen molar-refractivity contribution in [3.63, 3.8) is 0 Å². The van der Waals surface area contributed by atoms with Gasteiger partial charge in [0.2, 0.25) is 0 Å². The molecule has 0 aromatic rings. The highest BCUT2D eigenvalue weighted by Gasteiger charge is 2.16. The Balaban J connectivity index is 3.94. The molecule has 0 radical (unpaired) electrons. The average molecular weight is 173 g/mol. The van der Waals surface area contributed by atoms with Crippen molar-refractivity contribution < 1.29 is 9.53 Å². The lowest BCUT2D eigenvalue weighted by Crippen LogP contribution is -2.30. The van der Waals surface area contributed by atoms with Crippen LogP contribution in [0.15, 0.2) is 0 Å². The molecule has 0 rings (SSSR count). The zero-order valence-electron chi connectivity index (χ0n) is 8.63. The van der Waals surface area contributed by atoms with Crippen molar-refractivity contribution in [3.05, 3.63) is 0 Å². The minimum absolute atomic E-state index is 0.0416. The summed E-state index contributed by atoms with van der Waals surface area (Å²) in [6.45, 7) is 6.13. The molecular weight excluding hydrogens is 154 g/mol. The van der Waals surface area contributed by atoms with Crippen LogP contribution in [0.5, 0.6) is 0 Å². The fourth-order valence-electron chi connectivity index (χ4n) is 0.926. The molecule has 0 spiro atoms. The summed E-state index contributed by atoms with van der Waals surface area (Å²) in [6, 6.07) is 0. The monoisotopic (exact) mass is 173 g/mol. The van der Waals surface area contributed by atoms with E-state index < -0.39 is 0 Å². The minimum Gasteiger partial charge on any atom is -0.446 e. The van der Waals surface area contributed by atoms with E-state index in [1.165, 1.54) is 4.90 Å². The van der Waals surface area contributed by atoms with Crippen molar-refractivity contribution in [2.45, 2.75) is 33.3 Å². The Morgan fingerprint density at radius 1 is 1.42 bits per heavy atom. The van der Waals surface area contributed by atoms with Gasteiger partial charge in [-0.3, -0.25) is 0 Å². The number of carbonyl (C=O) groups excluding carboxylic acids is 1. The molecule has 1 unspecified atom stereocenters. The van der Waals surface area contributed by atoms with Crippen molar-refractivity contribution >= 4 is 6.09 Å². The van der Waals surface area contributed by atoms with Crippen LogP contribution in [-0.2, 0) is 4.74 Å². The number of hydrogen-bond donors (Lipinski definition) is 0. The predicted octanol–water partition coefficient (Wildman–Crippen LogP) is 2.12. The molecule has 0 aliphatic rings. The molecule has 0 aliphatic carbocycles. The molecular formula is C9H19NO2. The molecule has 0 heterocycles. The third kappa shape index (κ3) is 3.60. The van der Waals surface area contributed by atoms with Crippen molar-refractivity contribution in [1.82, 2.24) is 4.90 Å². The first kappa shape index (κ1) is 11.3. The average Bonchev–Trinajstić information content (AvgIpc) is 1.98. The lowest BCUT2D eigenvalue weighted by molar-refractivity contribution is 0.0497. The second-order valence-corrected chi connectivity index (χ2v) is 3.47. The smallest absolute Gasteiger partial charge is 0.409 e. The van der Waals surface area contributed by atoms with Crippen molar-refractivity contribution in [1.29, 1.82) is 0 Å². The Kier molecular flexibility index (Phi) is 4.71. The zero-order valence-corrected chi connectivity index (χ0v) is 8.63. The van der Waals surface area contributed by atoms with Crippen LogP contribution in [0.4, 0.5) is 4.79 Å². The Morgan fingerprint density at radius 3 is 2.17 bits per heavy atom. The molecule has 3 heteroatoms. The highest BCUT2D eigenvalue weighted by Crippen LogP contribution is 2.11. The van der Waals surface area contributed by atoms with Crippen molar-refractivity contribution in [2.75, 3.05) is 14.1 Å². The summed E-state index contributed by atoms with van der Waals surface area (Å²) in [5.41, 5.74) is 0. The second kappa shape index (κ2) is 5.01. The lowest BCUT2D eigenvalue weighted by atomic mass is 10.1. The number of carbonyl (C=O) groups is 1. The van der Waals surface area contributed by atoms with Crippen LogP contribution in [0.25, 0.3) is 0 Å². The first-order valence-electron chi connectivity index (χ1n) is 4.37. The van der Waals surface area contributed by atoms with E-state index in [4.69, 9.17) is 4.74 Å². The Bertz CT molecular complexity index is 143. The molecule has 0 fully saturated rings. The lowest BCUT2D eigenvalue weighted by Gasteiger charge is -2.21. The number of rotatable bonds is 3. The van der Waals surface area contributed by atoms with Crippen LogP contribution >= 0.6 is 0 Å². The number of amides is 1. The van der Waals surface area contributed by atoms with Crippen LogP contribution in [0.2, 0.25) is 0 Å². The standard InChI is InChI=1S/C9H19NO2/c1-6-8(7(2)3)12-9(11)10(4)5/h7-8H,6H2,1-5H3. The van der Waals surface area contributed by atoms with Gasteiger partial charge in [0.1, 0.15) is 6.10 Å². The first-order valence-corrected chi connectivity index (χ1v) is 4.37. The summed E-state index contributed by atoms with van der Waals surface area (Å²) in [7, 11) is 3.38. The van der Waals surface area contributed by atoms with Gasteiger partial charge >= 0.3 is 6.09 Å². The summed E-state index contributed by atoms with van der Waals surface area (Å²) >= 11 is 0. The van der Waals surface area contributed by atoms with Crippen LogP contribution in [0.3, 0.4) is 0 Å². The molecule has 0 aliphatic heterocycles. The van der Waals surface area contributed by atoms with Gasteiger partial charge in [-0.2, -0.15) is 0 Å². The van der Waals surface area contributed by atoms with Gasteiger partial charge in [-0.15, -0.1) is 0 Å². The Labute approximate surface area is 74.7 Å². The van der Waals surface area contributed by atoms with E-state index in [1.807, 2.05) is 6.92 Å². The van der Waals surface area contributed by atoms with E-state index >= 15 is 0 Å². The van der Waals surface area contributed by atoms with Crippen molar-refractivity contribution in [3.8, 4) is 0 Å². The van der Waals surface area contributed by atoms with Gasteiger partial charge in [-0.05, 0) is 12.3 Å². The quantitative estimate of drug-likeness (QED) is 0.654. The minimum atomic E-state index is -0.254. The molecule has 1 atom stereocenters. The fourth-order valence-corrected chi connectivity index (χ4v) is 0.926. The molecule has 0 aromatic heterocycles. The molecule has 0 aromatic carbocycles. The molecule has 72 valence electrons. The molecule has 0 saturated carbocycles. The van der Waals surface area contributed by atoms with E-state index in [-0.39, 0.29) is 12.2 Å². The van der Waals surface area contributed by atoms with Crippen LogP contribution in [0, 0.1) is 5.92 Å². The van der Waals surface area contributed by atoms with Gasteiger partial charge in [0.25, 0.3) is 0 Å². The van der Waals surface area contributed by atoms with Gasteiger partial charge in [-0.1, -0.05) is 20.8 Å². The number of nitrogens with zero attached hydrogens (tertiary/aromatic N) is 1. The second-order valence-electron chi connectivity index (χ2n) is 3.47. The third-order valence-corrected chi connectivity index (χ3v) is 1.76. The molecule has 0 saturated heterocycles. The van der Waals surface area contributed by atoms with E-state index in [0.717, 1.165) is 6.42 Å². The summed E-state index contributed by atoms with van der Waals surface area (Å²) < 4.78 is 5.21. The van der Waals surface area contributed by atoms with Crippen molar-refractivity contribution in [2.24, 2.45) is 5.92 Å². The summed E-state index contributed by atoms with van der Waals surface area (Å²) in [4.78, 5) is 12.6. The summed E-state index contributed by atoms with van der Waals surface area (Å²) in [6.07, 6.45) is 0.660. The van der Waals surface area contributed by atoms with Gasteiger partial charge in [0.15, 0.2) is 0 Å².